The molecule has 0 radical (unpaired) electrons. The molecule has 36 heavy (non-hydrogen) atoms. The first kappa shape index (κ1) is 24.9. The molecule has 7 rings (SSSR count). The van der Waals surface area contributed by atoms with Gasteiger partial charge < -0.3 is 14.9 Å². The van der Waals surface area contributed by atoms with E-state index >= 15 is 0 Å². The topological polar surface area (TPSA) is 49.7 Å². The van der Waals surface area contributed by atoms with Gasteiger partial charge in [-0.25, -0.2) is 0 Å². The summed E-state index contributed by atoms with van der Waals surface area (Å²) in [6.45, 7) is 0. The fourth-order valence-electron chi connectivity index (χ4n) is 11.9. The van der Waals surface area contributed by atoms with Crippen LogP contribution in [0.4, 0.5) is 0 Å². The third kappa shape index (κ3) is 4.53. The Kier molecular flexibility index (Phi) is 7.23. The van der Waals surface area contributed by atoms with E-state index in [-0.39, 0.29) is 12.2 Å². The zero-order valence-electron chi connectivity index (χ0n) is 22.8. The van der Waals surface area contributed by atoms with Crippen LogP contribution in [0.15, 0.2) is 0 Å². The zero-order valence-corrected chi connectivity index (χ0v) is 22.8. The van der Waals surface area contributed by atoms with Crippen LogP contribution in [0.3, 0.4) is 0 Å². The van der Waals surface area contributed by atoms with Crippen molar-refractivity contribution in [3.63, 3.8) is 0 Å². The van der Waals surface area contributed by atoms with Crippen molar-refractivity contribution in [2.45, 2.75) is 146 Å². The van der Waals surface area contributed by atoms with Gasteiger partial charge in [0, 0.05) is 0 Å². The standard InChI is InChI=1S/C33H54O3/c34-25-14-10-22-12-16-29-32(27(22)18-25)31(24-8-6-21(7-9-24)20-4-2-1-3-5-20)33-28-19-26(35)15-11-23(28)13-17-30(33)36-29/h20-35H,1-19H2. The molecule has 1 saturated heterocycles. The minimum atomic E-state index is -0.0824. The molecular formula is C33H54O3. The molecule has 7 aliphatic rings. The number of ether oxygens (including phenoxy) is 1. The quantitative estimate of drug-likeness (QED) is 0.426. The number of aliphatic hydroxyl groups is 2. The Labute approximate surface area is 220 Å². The van der Waals surface area contributed by atoms with E-state index in [9.17, 15) is 10.2 Å². The Morgan fingerprint density at radius 1 is 0.389 bits per heavy atom. The zero-order chi connectivity index (χ0) is 24.2. The van der Waals surface area contributed by atoms with Gasteiger partial charge in [-0.05, 0) is 149 Å². The number of fused-ring (bicyclic) bond motifs is 6. The second kappa shape index (κ2) is 10.5. The fraction of sp³-hybridized carbons (Fsp3) is 1.00. The first-order valence-corrected chi connectivity index (χ1v) is 16.7. The van der Waals surface area contributed by atoms with E-state index in [1.54, 1.807) is 0 Å². The van der Waals surface area contributed by atoms with Crippen LogP contribution in [0.2, 0.25) is 0 Å². The first-order chi connectivity index (χ1) is 17.7. The van der Waals surface area contributed by atoms with Gasteiger partial charge in [-0.15, -0.1) is 0 Å². The van der Waals surface area contributed by atoms with E-state index in [1.165, 1.54) is 96.3 Å². The summed E-state index contributed by atoms with van der Waals surface area (Å²) in [5.74, 6) is 8.05. The Bertz CT molecular complexity index is 697. The van der Waals surface area contributed by atoms with Crippen molar-refractivity contribution >= 4 is 0 Å². The van der Waals surface area contributed by atoms with Gasteiger partial charge in [0.25, 0.3) is 0 Å². The van der Waals surface area contributed by atoms with E-state index in [2.05, 4.69) is 0 Å². The highest BCUT2D eigenvalue weighted by Gasteiger charge is 2.58. The lowest BCUT2D eigenvalue weighted by Gasteiger charge is -2.62. The summed E-state index contributed by atoms with van der Waals surface area (Å²) in [7, 11) is 0. The molecule has 0 bridgehead atoms. The molecule has 7 fully saturated rings. The minimum absolute atomic E-state index is 0.0824. The van der Waals surface area contributed by atoms with Crippen LogP contribution in [-0.4, -0.2) is 34.6 Å². The normalized spacial score (nSPS) is 54.0. The van der Waals surface area contributed by atoms with Crippen molar-refractivity contribution < 1.29 is 14.9 Å². The number of hydrogen-bond donors (Lipinski definition) is 2. The maximum absolute atomic E-state index is 10.8. The van der Waals surface area contributed by atoms with E-state index in [1.807, 2.05) is 0 Å². The van der Waals surface area contributed by atoms with E-state index in [4.69, 9.17) is 4.74 Å². The lowest BCUT2D eigenvalue weighted by Crippen LogP contribution is -2.61. The van der Waals surface area contributed by atoms with Crippen LogP contribution < -0.4 is 0 Å². The van der Waals surface area contributed by atoms with Gasteiger partial charge >= 0.3 is 0 Å². The minimum Gasteiger partial charge on any atom is -0.393 e. The van der Waals surface area contributed by atoms with Crippen molar-refractivity contribution in [2.24, 2.45) is 59.2 Å². The van der Waals surface area contributed by atoms with Crippen molar-refractivity contribution in [2.75, 3.05) is 0 Å². The third-order valence-electron chi connectivity index (χ3n) is 13.4. The molecule has 3 heteroatoms. The lowest BCUT2D eigenvalue weighted by molar-refractivity contribution is -0.237. The van der Waals surface area contributed by atoms with Gasteiger partial charge in [0.15, 0.2) is 0 Å². The largest absolute Gasteiger partial charge is 0.393 e. The van der Waals surface area contributed by atoms with Crippen LogP contribution in [0, 0.1) is 59.2 Å². The van der Waals surface area contributed by atoms with Gasteiger partial charge in [0.05, 0.1) is 24.4 Å². The monoisotopic (exact) mass is 498 g/mol. The molecule has 0 amide bonds. The Hall–Kier alpha value is -0.120. The molecule has 0 aromatic heterocycles. The molecule has 2 N–H and O–H groups in total. The number of hydrogen-bond acceptors (Lipinski definition) is 3. The van der Waals surface area contributed by atoms with E-state index in [0.717, 1.165) is 61.2 Å². The molecular weight excluding hydrogens is 444 g/mol. The summed E-state index contributed by atoms with van der Waals surface area (Å²) in [6, 6.07) is 0. The van der Waals surface area contributed by atoms with Crippen molar-refractivity contribution in [3.05, 3.63) is 0 Å². The molecule has 10 atom stereocenters. The SMILES string of the molecule is OC1CCC2CCC3OC4CCC5CCC(O)CC5C4C(C4CCC(C5CCCCC5)CC4)C3C2C1. The van der Waals surface area contributed by atoms with Crippen molar-refractivity contribution in [1.29, 1.82) is 0 Å². The summed E-state index contributed by atoms with van der Waals surface area (Å²) < 4.78 is 7.14. The highest BCUT2D eigenvalue weighted by Crippen LogP contribution is 2.61. The maximum atomic E-state index is 10.8. The fourth-order valence-corrected chi connectivity index (χ4v) is 11.9. The second-order valence-electron chi connectivity index (χ2n) is 15.0. The third-order valence-corrected chi connectivity index (χ3v) is 13.4. The Morgan fingerprint density at radius 2 is 0.833 bits per heavy atom. The van der Waals surface area contributed by atoms with Gasteiger partial charge in [0.1, 0.15) is 0 Å². The van der Waals surface area contributed by atoms with Gasteiger partial charge in [0.2, 0.25) is 0 Å². The first-order valence-electron chi connectivity index (χ1n) is 16.7. The van der Waals surface area contributed by atoms with Crippen molar-refractivity contribution in [1.82, 2.24) is 0 Å². The highest BCUT2D eigenvalue weighted by molar-refractivity contribution is 5.07. The molecule has 0 spiro atoms. The smallest absolute Gasteiger partial charge is 0.0612 e. The molecule has 0 aromatic carbocycles. The van der Waals surface area contributed by atoms with Gasteiger partial charge in [-0.2, -0.15) is 0 Å². The summed E-state index contributed by atoms with van der Waals surface area (Å²) in [5, 5.41) is 21.6. The Morgan fingerprint density at radius 3 is 1.39 bits per heavy atom. The Balaban J connectivity index is 1.18. The van der Waals surface area contributed by atoms with E-state index < -0.39 is 0 Å². The lowest BCUT2D eigenvalue weighted by atomic mass is 9.48. The predicted octanol–water partition coefficient (Wildman–Crippen LogP) is 7.13. The average Bonchev–Trinajstić information content (AvgIpc) is 2.92. The number of rotatable bonds is 2. The molecule has 1 aliphatic heterocycles. The molecule has 10 unspecified atom stereocenters. The highest BCUT2D eigenvalue weighted by atomic mass is 16.5. The van der Waals surface area contributed by atoms with Gasteiger partial charge in [-0.1, -0.05) is 32.1 Å². The molecule has 6 saturated carbocycles. The molecule has 6 aliphatic carbocycles. The maximum Gasteiger partial charge on any atom is 0.0612 e. The predicted molar refractivity (Wildman–Crippen MR) is 143 cm³/mol. The summed E-state index contributed by atoms with van der Waals surface area (Å²) in [6.07, 6.45) is 25.9. The molecule has 3 nitrogen and oxygen atoms in total. The average molecular weight is 499 g/mol. The van der Waals surface area contributed by atoms with Crippen LogP contribution >= 0.6 is 0 Å². The summed E-state index contributed by atoms with van der Waals surface area (Å²) in [4.78, 5) is 0. The van der Waals surface area contributed by atoms with Crippen LogP contribution in [0.5, 0.6) is 0 Å². The van der Waals surface area contributed by atoms with Crippen LogP contribution in [0.25, 0.3) is 0 Å². The van der Waals surface area contributed by atoms with Crippen molar-refractivity contribution in [3.8, 4) is 0 Å². The molecule has 1 heterocycles. The second-order valence-corrected chi connectivity index (χ2v) is 15.0. The van der Waals surface area contributed by atoms with E-state index in [0.29, 0.717) is 35.9 Å². The molecule has 0 aromatic rings. The van der Waals surface area contributed by atoms with Gasteiger partial charge in [-0.3, -0.25) is 0 Å². The molecule has 204 valence electrons. The summed E-state index contributed by atoms with van der Waals surface area (Å²) in [5.41, 5.74) is 0. The van der Waals surface area contributed by atoms with Crippen LogP contribution in [-0.2, 0) is 4.74 Å². The number of aliphatic hydroxyl groups excluding tert-OH is 2. The summed E-state index contributed by atoms with van der Waals surface area (Å²) >= 11 is 0. The van der Waals surface area contributed by atoms with Crippen LogP contribution in [0.1, 0.15) is 122 Å².